The van der Waals surface area contributed by atoms with Crippen LogP contribution < -0.4 is 10.1 Å². The SMILES string of the molecule is COc1cc(CCC(=O)NCc2ccnc([C@@H]3CCCOC3)n2)on1. The van der Waals surface area contributed by atoms with E-state index in [2.05, 4.69) is 20.4 Å². The zero-order valence-electron chi connectivity index (χ0n) is 14.2. The third-order valence-corrected chi connectivity index (χ3v) is 4.07. The van der Waals surface area contributed by atoms with Crippen LogP contribution in [-0.2, 0) is 22.5 Å². The molecule has 0 unspecified atom stereocenters. The Labute approximate surface area is 145 Å². The summed E-state index contributed by atoms with van der Waals surface area (Å²) in [5.74, 6) is 1.99. The Hall–Kier alpha value is -2.48. The second-order valence-corrected chi connectivity index (χ2v) is 5.93. The maximum Gasteiger partial charge on any atom is 0.254 e. The summed E-state index contributed by atoms with van der Waals surface area (Å²) < 4.78 is 15.5. The lowest BCUT2D eigenvalue weighted by Crippen LogP contribution is -2.24. The highest BCUT2D eigenvalue weighted by atomic mass is 16.5. The van der Waals surface area contributed by atoms with Crippen molar-refractivity contribution in [2.45, 2.75) is 38.1 Å². The van der Waals surface area contributed by atoms with Crippen LogP contribution >= 0.6 is 0 Å². The molecule has 1 saturated heterocycles. The fraction of sp³-hybridized carbons (Fsp3) is 0.529. The molecule has 0 saturated carbocycles. The Morgan fingerprint density at radius 2 is 2.40 bits per heavy atom. The van der Waals surface area contributed by atoms with Crippen LogP contribution in [0.5, 0.6) is 5.88 Å². The lowest BCUT2D eigenvalue weighted by molar-refractivity contribution is -0.121. The Morgan fingerprint density at radius 1 is 1.48 bits per heavy atom. The van der Waals surface area contributed by atoms with Gasteiger partial charge >= 0.3 is 0 Å². The average Bonchev–Trinajstić information content (AvgIpc) is 3.14. The van der Waals surface area contributed by atoms with E-state index >= 15 is 0 Å². The number of ether oxygens (including phenoxy) is 2. The Balaban J connectivity index is 1.46. The minimum absolute atomic E-state index is 0.0727. The van der Waals surface area contributed by atoms with E-state index in [1.807, 2.05) is 6.07 Å². The first-order valence-electron chi connectivity index (χ1n) is 8.40. The monoisotopic (exact) mass is 346 g/mol. The predicted octanol–water partition coefficient (Wildman–Crippen LogP) is 1.62. The normalized spacial score (nSPS) is 17.2. The first-order valence-corrected chi connectivity index (χ1v) is 8.40. The molecule has 8 heteroatoms. The van der Waals surface area contributed by atoms with Gasteiger partial charge in [0.1, 0.15) is 11.6 Å². The van der Waals surface area contributed by atoms with Crippen LogP contribution in [-0.4, -0.2) is 41.4 Å². The van der Waals surface area contributed by atoms with Gasteiger partial charge < -0.3 is 19.3 Å². The average molecular weight is 346 g/mol. The number of aryl methyl sites for hydroxylation is 1. The van der Waals surface area contributed by atoms with Gasteiger partial charge in [0, 0.05) is 37.6 Å². The molecule has 0 spiro atoms. The zero-order valence-corrected chi connectivity index (χ0v) is 14.2. The molecule has 0 aromatic carbocycles. The van der Waals surface area contributed by atoms with E-state index < -0.39 is 0 Å². The zero-order chi connectivity index (χ0) is 17.5. The molecule has 0 radical (unpaired) electrons. The van der Waals surface area contributed by atoms with Crippen LogP contribution in [0.1, 0.15) is 42.5 Å². The van der Waals surface area contributed by atoms with Gasteiger partial charge in [-0.25, -0.2) is 9.97 Å². The van der Waals surface area contributed by atoms with Gasteiger partial charge in [-0.2, -0.15) is 0 Å². The summed E-state index contributed by atoms with van der Waals surface area (Å²) in [6.07, 6.45) is 4.58. The lowest BCUT2D eigenvalue weighted by Gasteiger charge is -2.20. The van der Waals surface area contributed by atoms with E-state index in [1.54, 1.807) is 12.3 Å². The summed E-state index contributed by atoms with van der Waals surface area (Å²) >= 11 is 0. The number of methoxy groups -OCH3 is 1. The van der Waals surface area contributed by atoms with Gasteiger partial charge in [0.15, 0.2) is 0 Å². The molecule has 2 aromatic rings. The number of hydrogen-bond donors (Lipinski definition) is 1. The first-order chi connectivity index (χ1) is 12.2. The van der Waals surface area contributed by atoms with Crippen molar-refractivity contribution in [2.75, 3.05) is 20.3 Å². The third-order valence-electron chi connectivity index (χ3n) is 4.07. The van der Waals surface area contributed by atoms with Crippen LogP contribution in [0.3, 0.4) is 0 Å². The Kier molecular flexibility index (Phi) is 5.95. The smallest absolute Gasteiger partial charge is 0.254 e. The van der Waals surface area contributed by atoms with Crippen LogP contribution in [0, 0.1) is 0 Å². The molecule has 1 fully saturated rings. The van der Waals surface area contributed by atoms with Crippen LogP contribution in [0.4, 0.5) is 0 Å². The maximum atomic E-state index is 12.0. The number of hydrogen-bond acceptors (Lipinski definition) is 7. The fourth-order valence-electron chi connectivity index (χ4n) is 2.67. The summed E-state index contributed by atoms with van der Waals surface area (Å²) in [4.78, 5) is 20.9. The number of rotatable bonds is 7. The van der Waals surface area contributed by atoms with E-state index in [0.717, 1.165) is 31.0 Å². The maximum absolute atomic E-state index is 12.0. The van der Waals surface area contributed by atoms with Crippen molar-refractivity contribution in [3.8, 4) is 5.88 Å². The molecule has 0 bridgehead atoms. The second-order valence-electron chi connectivity index (χ2n) is 5.93. The summed E-state index contributed by atoms with van der Waals surface area (Å²) in [5, 5.41) is 6.57. The molecule has 3 rings (SSSR count). The van der Waals surface area contributed by atoms with Crippen LogP contribution in [0.2, 0.25) is 0 Å². The molecular formula is C17H22N4O4. The number of carbonyl (C=O) groups is 1. The molecule has 1 amide bonds. The largest absolute Gasteiger partial charge is 0.479 e. The number of nitrogens with one attached hydrogen (secondary N) is 1. The van der Waals surface area contributed by atoms with Crippen molar-refractivity contribution in [3.05, 3.63) is 35.6 Å². The molecule has 1 aliphatic rings. The predicted molar refractivity (Wildman–Crippen MR) is 88.0 cm³/mol. The molecule has 0 aliphatic carbocycles. The molecule has 8 nitrogen and oxygen atoms in total. The highest BCUT2D eigenvalue weighted by molar-refractivity contribution is 5.76. The van der Waals surface area contributed by atoms with Gasteiger partial charge in [-0.3, -0.25) is 4.79 Å². The summed E-state index contributed by atoms with van der Waals surface area (Å²) in [6.45, 7) is 1.85. The van der Waals surface area contributed by atoms with E-state index in [4.69, 9.17) is 14.0 Å². The summed E-state index contributed by atoms with van der Waals surface area (Å²) in [6, 6.07) is 3.49. The van der Waals surface area contributed by atoms with Gasteiger partial charge in [0.05, 0.1) is 26.0 Å². The molecule has 1 aliphatic heterocycles. The molecule has 2 aromatic heterocycles. The molecule has 134 valence electrons. The van der Waals surface area contributed by atoms with E-state index in [0.29, 0.717) is 37.6 Å². The van der Waals surface area contributed by atoms with Gasteiger partial charge in [-0.1, -0.05) is 0 Å². The van der Waals surface area contributed by atoms with Crippen LogP contribution in [0.15, 0.2) is 22.9 Å². The summed E-state index contributed by atoms with van der Waals surface area (Å²) in [7, 11) is 1.52. The standard InChI is InChI=1S/C17H22N4O4/c1-23-16-9-14(25-21-16)4-5-15(22)19-10-13-6-7-18-17(20-13)12-3-2-8-24-11-12/h6-7,9,12H,2-5,8,10-11H2,1H3,(H,19,22)/t12-/m1/s1. The van der Waals surface area contributed by atoms with Gasteiger partial charge in [-0.05, 0) is 24.1 Å². The molecule has 1 N–H and O–H groups in total. The second kappa shape index (κ2) is 8.57. The van der Waals surface area contributed by atoms with Crippen molar-refractivity contribution in [1.29, 1.82) is 0 Å². The van der Waals surface area contributed by atoms with Gasteiger partial charge in [0.25, 0.3) is 5.88 Å². The molecule has 3 heterocycles. The highest BCUT2D eigenvalue weighted by Gasteiger charge is 2.19. The summed E-state index contributed by atoms with van der Waals surface area (Å²) in [5.41, 5.74) is 0.797. The molecule has 1 atom stereocenters. The molecular weight excluding hydrogens is 324 g/mol. The minimum atomic E-state index is -0.0727. The van der Waals surface area contributed by atoms with E-state index in [9.17, 15) is 4.79 Å². The van der Waals surface area contributed by atoms with E-state index in [-0.39, 0.29) is 11.8 Å². The first kappa shape index (κ1) is 17.3. The third kappa shape index (κ3) is 4.99. The fourth-order valence-corrected chi connectivity index (χ4v) is 2.67. The number of nitrogens with zero attached hydrogens (tertiary/aromatic N) is 3. The number of carbonyl (C=O) groups excluding carboxylic acids is 1. The Bertz CT molecular complexity index is 697. The lowest BCUT2D eigenvalue weighted by atomic mass is 10.0. The van der Waals surface area contributed by atoms with Gasteiger partial charge in [0.2, 0.25) is 5.91 Å². The van der Waals surface area contributed by atoms with Crippen LogP contribution in [0.25, 0.3) is 0 Å². The van der Waals surface area contributed by atoms with Crippen molar-refractivity contribution >= 4 is 5.91 Å². The minimum Gasteiger partial charge on any atom is -0.479 e. The van der Waals surface area contributed by atoms with Gasteiger partial charge in [-0.15, -0.1) is 0 Å². The number of amides is 1. The Morgan fingerprint density at radius 3 is 3.16 bits per heavy atom. The van der Waals surface area contributed by atoms with Crippen molar-refractivity contribution < 1.29 is 18.8 Å². The van der Waals surface area contributed by atoms with Crippen molar-refractivity contribution in [3.63, 3.8) is 0 Å². The number of aromatic nitrogens is 3. The topological polar surface area (TPSA) is 99.4 Å². The van der Waals surface area contributed by atoms with Crippen molar-refractivity contribution in [1.82, 2.24) is 20.4 Å². The van der Waals surface area contributed by atoms with Crippen molar-refractivity contribution in [2.24, 2.45) is 0 Å². The molecule has 25 heavy (non-hydrogen) atoms. The van der Waals surface area contributed by atoms with E-state index in [1.165, 1.54) is 7.11 Å². The highest BCUT2D eigenvalue weighted by Crippen LogP contribution is 2.22. The quantitative estimate of drug-likeness (QED) is 0.813.